The van der Waals surface area contributed by atoms with Crippen molar-refractivity contribution in [1.82, 2.24) is 19.4 Å². The summed E-state index contributed by atoms with van der Waals surface area (Å²) in [5.41, 5.74) is 2.59. The smallest absolute Gasteiger partial charge is 0.271 e. The van der Waals surface area contributed by atoms with Crippen molar-refractivity contribution < 1.29 is 0 Å². The van der Waals surface area contributed by atoms with Crippen LogP contribution in [0, 0.1) is 5.41 Å². The fourth-order valence-corrected chi connectivity index (χ4v) is 4.14. The summed E-state index contributed by atoms with van der Waals surface area (Å²) >= 11 is 1.44. The van der Waals surface area contributed by atoms with E-state index in [4.69, 9.17) is 5.41 Å². The molecule has 1 saturated heterocycles. The van der Waals surface area contributed by atoms with Gasteiger partial charge in [-0.15, -0.1) is 11.3 Å². The monoisotopic (exact) mass is 345 g/mol. The number of thiophene rings is 1. The van der Waals surface area contributed by atoms with Crippen molar-refractivity contribution in [3.05, 3.63) is 33.7 Å². The van der Waals surface area contributed by atoms with Crippen molar-refractivity contribution in [3.63, 3.8) is 0 Å². The van der Waals surface area contributed by atoms with E-state index < -0.39 is 0 Å². The zero-order valence-corrected chi connectivity index (χ0v) is 15.1. The topological polar surface area (TPSA) is 65.2 Å². The fourth-order valence-electron chi connectivity index (χ4n) is 3.19. The van der Waals surface area contributed by atoms with E-state index in [2.05, 4.69) is 16.9 Å². The molecule has 1 aliphatic rings. The number of hydrogen-bond donors (Lipinski definition) is 1. The van der Waals surface area contributed by atoms with Gasteiger partial charge in [0.25, 0.3) is 5.56 Å². The lowest BCUT2D eigenvalue weighted by atomic mass is 10.1. The lowest BCUT2D eigenvalue weighted by Crippen LogP contribution is -2.35. The molecule has 0 bridgehead atoms. The summed E-state index contributed by atoms with van der Waals surface area (Å²) in [6.45, 7) is 2.02. The molecule has 24 heavy (non-hydrogen) atoms. The standard InChI is InChI=1S/C17H23N5OS/c1-20(2)14(4-7-18)13-10-24-16-15(13)19-11-22(17(16)23)12-5-8-21(3)9-6-12/h4,7,10-12,18H,5-6,8-9H2,1-3H3/b14-4+,18-7?. The number of nitrogens with one attached hydrogen (secondary N) is 1. The van der Waals surface area contributed by atoms with Crippen LogP contribution < -0.4 is 5.56 Å². The molecular formula is C17H23N5OS. The number of fused-ring (bicyclic) bond motifs is 1. The molecule has 0 saturated carbocycles. The minimum absolute atomic E-state index is 0.0544. The molecule has 0 unspecified atom stereocenters. The molecular weight excluding hydrogens is 322 g/mol. The van der Waals surface area contributed by atoms with E-state index in [0.29, 0.717) is 4.70 Å². The fraction of sp³-hybridized carbons (Fsp3) is 0.471. The van der Waals surface area contributed by atoms with Crippen LogP contribution in [0.25, 0.3) is 15.9 Å². The van der Waals surface area contributed by atoms with Gasteiger partial charge in [0.1, 0.15) is 4.70 Å². The van der Waals surface area contributed by atoms with Gasteiger partial charge in [0.2, 0.25) is 0 Å². The Bertz CT molecular complexity index is 827. The minimum Gasteiger partial charge on any atom is -0.377 e. The summed E-state index contributed by atoms with van der Waals surface area (Å²) in [5.74, 6) is 0. The second kappa shape index (κ2) is 6.86. The molecule has 128 valence electrons. The molecule has 1 N–H and O–H groups in total. The third-order valence-corrected chi connectivity index (χ3v) is 5.54. The second-order valence-corrected chi connectivity index (χ2v) is 7.31. The summed E-state index contributed by atoms with van der Waals surface area (Å²) in [6, 6.07) is 0.238. The third-order valence-electron chi connectivity index (χ3n) is 4.59. The SMILES string of the molecule is CN1CCC(n2cnc3c(/C(=C\C=N)N(C)C)csc3c2=O)CC1. The first-order chi connectivity index (χ1) is 11.5. The van der Waals surface area contributed by atoms with Gasteiger partial charge < -0.3 is 15.2 Å². The van der Waals surface area contributed by atoms with Gasteiger partial charge in [-0.2, -0.15) is 0 Å². The highest BCUT2D eigenvalue weighted by molar-refractivity contribution is 7.17. The first-order valence-corrected chi connectivity index (χ1v) is 8.96. The maximum absolute atomic E-state index is 12.9. The number of allylic oxidation sites excluding steroid dienone is 1. The number of piperidine rings is 1. The Morgan fingerprint density at radius 3 is 2.75 bits per heavy atom. The molecule has 0 aromatic carbocycles. The molecule has 0 aliphatic carbocycles. The van der Waals surface area contributed by atoms with Gasteiger partial charge >= 0.3 is 0 Å². The normalized spacial score (nSPS) is 17.4. The van der Waals surface area contributed by atoms with Crippen molar-refractivity contribution in [1.29, 1.82) is 5.41 Å². The largest absolute Gasteiger partial charge is 0.377 e. The quantitative estimate of drug-likeness (QED) is 0.864. The maximum Gasteiger partial charge on any atom is 0.271 e. The Labute approximate surface area is 145 Å². The van der Waals surface area contributed by atoms with Crippen molar-refractivity contribution in [3.8, 4) is 0 Å². The van der Waals surface area contributed by atoms with Crippen LogP contribution in [0.3, 0.4) is 0 Å². The Hall–Kier alpha value is -1.99. The highest BCUT2D eigenvalue weighted by atomic mass is 32.1. The third kappa shape index (κ3) is 3.01. The lowest BCUT2D eigenvalue weighted by molar-refractivity contribution is 0.218. The van der Waals surface area contributed by atoms with Crippen LogP contribution in [0.4, 0.5) is 0 Å². The van der Waals surface area contributed by atoms with E-state index in [-0.39, 0.29) is 11.6 Å². The zero-order chi connectivity index (χ0) is 17.3. The number of likely N-dealkylation sites (tertiary alicyclic amines) is 1. The molecule has 1 aliphatic heterocycles. The van der Waals surface area contributed by atoms with Crippen molar-refractivity contribution in [2.24, 2.45) is 0 Å². The summed E-state index contributed by atoms with van der Waals surface area (Å²) < 4.78 is 2.51. The van der Waals surface area contributed by atoms with E-state index in [1.165, 1.54) is 17.6 Å². The molecule has 3 heterocycles. The first kappa shape index (κ1) is 16.9. The van der Waals surface area contributed by atoms with E-state index in [1.54, 1.807) is 12.4 Å². The molecule has 1 fully saturated rings. The van der Waals surface area contributed by atoms with Crippen LogP contribution in [0.1, 0.15) is 24.4 Å². The molecule has 3 rings (SSSR count). The molecule has 2 aromatic rings. The molecule has 0 spiro atoms. The molecule has 0 atom stereocenters. The lowest BCUT2D eigenvalue weighted by Gasteiger charge is -2.29. The number of hydrogen-bond acceptors (Lipinski definition) is 6. The van der Waals surface area contributed by atoms with Crippen LogP contribution in [0.5, 0.6) is 0 Å². The summed E-state index contributed by atoms with van der Waals surface area (Å²) in [5, 5.41) is 9.31. The Morgan fingerprint density at radius 2 is 2.12 bits per heavy atom. The van der Waals surface area contributed by atoms with E-state index in [1.807, 2.05) is 28.9 Å². The summed E-state index contributed by atoms with van der Waals surface area (Å²) in [7, 11) is 5.97. The predicted octanol–water partition coefficient (Wildman–Crippen LogP) is 2.28. The second-order valence-electron chi connectivity index (χ2n) is 6.43. The Morgan fingerprint density at radius 1 is 1.42 bits per heavy atom. The molecule has 0 radical (unpaired) electrons. The van der Waals surface area contributed by atoms with Crippen LogP contribution in [0.15, 0.2) is 22.6 Å². The minimum atomic E-state index is 0.0544. The zero-order valence-electron chi connectivity index (χ0n) is 14.3. The Balaban J connectivity index is 2.04. The van der Waals surface area contributed by atoms with Crippen molar-refractivity contribution in [2.75, 3.05) is 34.2 Å². The van der Waals surface area contributed by atoms with E-state index in [0.717, 1.165) is 42.7 Å². The number of rotatable bonds is 4. The van der Waals surface area contributed by atoms with Gasteiger partial charge in [0.15, 0.2) is 0 Å². The average Bonchev–Trinajstić information content (AvgIpc) is 2.98. The van der Waals surface area contributed by atoms with Gasteiger partial charge in [0.05, 0.1) is 11.8 Å². The van der Waals surface area contributed by atoms with Crippen LogP contribution in [-0.2, 0) is 0 Å². The molecule has 2 aromatic heterocycles. The molecule has 0 amide bonds. The first-order valence-electron chi connectivity index (χ1n) is 8.08. The summed E-state index contributed by atoms with van der Waals surface area (Å²) in [6.07, 6.45) is 6.66. The molecule has 7 heteroatoms. The van der Waals surface area contributed by atoms with Gasteiger partial charge in [-0.25, -0.2) is 4.98 Å². The van der Waals surface area contributed by atoms with Crippen LogP contribution >= 0.6 is 11.3 Å². The Kier molecular flexibility index (Phi) is 4.82. The van der Waals surface area contributed by atoms with Gasteiger partial charge in [-0.05, 0) is 39.1 Å². The van der Waals surface area contributed by atoms with Crippen molar-refractivity contribution >= 4 is 33.5 Å². The van der Waals surface area contributed by atoms with Gasteiger partial charge in [-0.3, -0.25) is 9.36 Å². The van der Waals surface area contributed by atoms with Gasteiger partial charge in [-0.1, -0.05) is 0 Å². The van der Waals surface area contributed by atoms with Crippen molar-refractivity contribution in [2.45, 2.75) is 18.9 Å². The predicted molar refractivity (Wildman–Crippen MR) is 100 cm³/mol. The van der Waals surface area contributed by atoms with Gasteiger partial charge in [0, 0.05) is 43.0 Å². The van der Waals surface area contributed by atoms with Crippen LogP contribution in [-0.4, -0.2) is 59.8 Å². The van der Waals surface area contributed by atoms with E-state index in [9.17, 15) is 4.79 Å². The average molecular weight is 345 g/mol. The molecule has 6 nitrogen and oxygen atoms in total. The highest BCUT2D eigenvalue weighted by Crippen LogP contribution is 2.29. The number of nitrogens with zero attached hydrogens (tertiary/aromatic N) is 4. The highest BCUT2D eigenvalue weighted by Gasteiger charge is 2.22. The van der Waals surface area contributed by atoms with Crippen LogP contribution in [0.2, 0.25) is 0 Å². The summed E-state index contributed by atoms with van der Waals surface area (Å²) in [4.78, 5) is 21.7. The number of aromatic nitrogens is 2. The maximum atomic E-state index is 12.9. The van der Waals surface area contributed by atoms with E-state index >= 15 is 0 Å².